The van der Waals surface area contributed by atoms with Gasteiger partial charge in [-0.15, -0.1) is 0 Å². The number of hydrogen-bond donors (Lipinski definition) is 1. The molecular formula is C18H22ClFN4O2. The highest BCUT2D eigenvalue weighted by atomic mass is 35.5. The largest absolute Gasteiger partial charge is 0.375 e. The van der Waals surface area contributed by atoms with Gasteiger partial charge in [0.25, 0.3) is 0 Å². The van der Waals surface area contributed by atoms with Crippen LogP contribution in [0, 0.1) is 5.82 Å². The highest BCUT2D eigenvalue weighted by molar-refractivity contribution is 6.30. The fourth-order valence-electron chi connectivity index (χ4n) is 3.07. The third-order valence-electron chi connectivity index (χ3n) is 4.29. The molecule has 0 saturated heterocycles. The van der Waals surface area contributed by atoms with Crippen LogP contribution in [0.3, 0.4) is 0 Å². The van der Waals surface area contributed by atoms with Crippen LogP contribution >= 0.6 is 11.6 Å². The van der Waals surface area contributed by atoms with Crippen LogP contribution in [0.5, 0.6) is 0 Å². The van der Waals surface area contributed by atoms with E-state index in [4.69, 9.17) is 16.3 Å². The number of fused-ring (bicyclic) bond motifs is 1. The van der Waals surface area contributed by atoms with Crippen LogP contribution in [0.15, 0.2) is 24.3 Å². The second-order valence-electron chi connectivity index (χ2n) is 6.36. The lowest BCUT2D eigenvalue weighted by atomic mass is 10.2. The number of nitrogens with zero attached hydrogens (tertiary/aromatic N) is 3. The summed E-state index contributed by atoms with van der Waals surface area (Å²) in [7, 11) is 1.48. The first-order valence-corrected chi connectivity index (χ1v) is 8.90. The highest BCUT2D eigenvalue weighted by Crippen LogP contribution is 2.20. The van der Waals surface area contributed by atoms with Crippen LogP contribution in [0.2, 0.25) is 5.02 Å². The Balaban J connectivity index is 1.64. The Labute approximate surface area is 156 Å². The number of amides is 1. The van der Waals surface area contributed by atoms with E-state index >= 15 is 0 Å². The second kappa shape index (κ2) is 8.62. The van der Waals surface area contributed by atoms with E-state index in [2.05, 4.69) is 15.3 Å². The predicted octanol–water partition coefficient (Wildman–Crippen LogP) is 2.34. The maximum atomic E-state index is 14.1. The number of carbonyl (C=O) groups is 1. The minimum Gasteiger partial charge on any atom is -0.375 e. The van der Waals surface area contributed by atoms with Gasteiger partial charge in [-0.2, -0.15) is 5.10 Å². The number of halogens is 2. The number of aromatic nitrogens is 2. The van der Waals surface area contributed by atoms with Crippen LogP contribution in [0.1, 0.15) is 23.4 Å². The van der Waals surface area contributed by atoms with Gasteiger partial charge >= 0.3 is 0 Å². The fraction of sp³-hybridized carbons (Fsp3) is 0.444. The molecule has 1 aromatic heterocycles. The fourth-order valence-corrected chi connectivity index (χ4v) is 3.23. The predicted molar refractivity (Wildman–Crippen MR) is 96.1 cm³/mol. The lowest BCUT2D eigenvalue weighted by molar-refractivity contribution is -0.124. The van der Waals surface area contributed by atoms with E-state index in [-0.39, 0.29) is 18.3 Å². The number of nitrogens with one attached hydrogen (secondary N) is 1. The lowest BCUT2D eigenvalue weighted by Gasteiger charge is -2.19. The van der Waals surface area contributed by atoms with Crippen molar-refractivity contribution in [3.63, 3.8) is 0 Å². The van der Waals surface area contributed by atoms with Crippen LogP contribution in [-0.2, 0) is 35.7 Å². The van der Waals surface area contributed by atoms with Gasteiger partial charge in [0.05, 0.1) is 17.9 Å². The van der Waals surface area contributed by atoms with Crippen molar-refractivity contribution in [2.75, 3.05) is 20.3 Å². The zero-order valence-electron chi connectivity index (χ0n) is 14.7. The average molecular weight is 381 g/mol. The summed E-state index contributed by atoms with van der Waals surface area (Å²) in [6.45, 7) is 3.28. The molecule has 1 aromatic carbocycles. The molecule has 0 bridgehead atoms. The van der Waals surface area contributed by atoms with Crippen molar-refractivity contribution in [2.45, 2.75) is 32.6 Å². The first-order chi connectivity index (χ1) is 12.5. The van der Waals surface area contributed by atoms with Gasteiger partial charge in [-0.1, -0.05) is 17.7 Å². The number of rotatable bonds is 6. The minimum atomic E-state index is -0.281. The van der Waals surface area contributed by atoms with E-state index in [0.29, 0.717) is 30.2 Å². The first-order valence-electron chi connectivity index (χ1n) is 8.52. The van der Waals surface area contributed by atoms with Gasteiger partial charge < -0.3 is 10.1 Å². The number of carbonyl (C=O) groups excluding carboxylic acids is 1. The molecule has 1 aliphatic rings. The molecule has 6 nitrogen and oxygen atoms in total. The van der Waals surface area contributed by atoms with E-state index in [9.17, 15) is 9.18 Å². The quantitative estimate of drug-likeness (QED) is 0.835. The maximum Gasteiger partial charge on any atom is 0.246 e. The monoisotopic (exact) mass is 380 g/mol. The number of benzene rings is 1. The Hall–Kier alpha value is -1.96. The van der Waals surface area contributed by atoms with Crippen molar-refractivity contribution in [1.29, 1.82) is 0 Å². The van der Waals surface area contributed by atoms with Crippen molar-refractivity contribution >= 4 is 17.5 Å². The van der Waals surface area contributed by atoms with Gasteiger partial charge in [0.15, 0.2) is 0 Å². The third kappa shape index (κ3) is 4.81. The Kier molecular flexibility index (Phi) is 6.24. The summed E-state index contributed by atoms with van der Waals surface area (Å²) >= 11 is 5.82. The SMILES string of the molecule is COCC(=O)NCc1cc2n(n1)CCCN(Cc1ccc(Cl)cc1F)C2. The van der Waals surface area contributed by atoms with Crippen LogP contribution in [0.4, 0.5) is 4.39 Å². The average Bonchev–Trinajstić information content (AvgIpc) is 2.88. The zero-order chi connectivity index (χ0) is 18.5. The van der Waals surface area contributed by atoms with Crippen molar-refractivity contribution < 1.29 is 13.9 Å². The van der Waals surface area contributed by atoms with E-state index in [1.165, 1.54) is 13.2 Å². The van der Waals surface area contributed by atoms with Gasteiger partial charge in [0.2, 0.25) is 5.91 Å². The molecule has 0 aliphatic carbocycles. The van der Waals surface area contributed by atoms with Crippen LogP contribution in [0.25, 0.3) is 0 Å². The van der Waals surface area contributed by atoms with E-state index in [0.717, 1.165) is 30.9 Å². The van der Waals surface area contributed by atoms with Gasteiger partial charge in [0, 0.05) is 43.9 Å². The summed E-state index contributed by atoms with van der Waals surface area (Å²) in [6, 6.07) is 6.78. The number of hydrogen-bond acceptors (Lipinski definition) is 4. The van der Waals surface area contributed by atoms with E-state index in [1.807, 2.05) is 10.7 Å². The Bertz CT molecular complexity index is 781. The molecule has 0 saturated carbocycles. The summed E-state index contributed by atoms with van der Waals surface area (Å²) in [5.41, 5.74) is 2.51. The molecule has 0 unspecified atom stereocenters. The normalized spacial score (nSPS) is 14.7. The molecule has 1 amide bonds. The minimum absolute atomic E-state index is 0.0357. The number of aryl methyl sites for hydroxylation is 1. The molecule has 0 radical (unpaired) electrons. The molecule has 1 aliphatic heterocycles. The van der Waals surface area contributed by atoms with Gasteiger partial charge in [-0.3, -0.25) is 14.4 Å². The zero-order valence-corrected chi connectivity index (χ0v) is 15.4. The molecule has 0 spiro atoms. The molecule has 1 N–H and O–H groups in total. The highest BCUT2D eigenvalue weighted by Gasteiger charge is 2.18. The summed E-state index contributed by atoms with van der Waals surface area (Å²) in [5.74, 6) is -0.452. The summed E-state index contributed by atoms with van der Waals surface area (Å²) in [6.07, 6.45) is 0.930. The molecular weight excluding hydrogens is 359 g/mol. The molecule has 140 valence electrons. The lowest BCUT2D eigenvalue weighted by Crippen LogP contribution is -2.26. The number of ether oxygens (including phenoxy) is 1. The van der Waals surface area contributed by atoms with E-state index in [1.54, 1.807) is 12.1 Å². The molecule has 2 heterocycles. The van der Waals surface area contributed by atoms with Gasteiger partial charge in [0.1, 0.15) is 12.4 Å². The second-order valence-corrected chi connectivity index (χ2v) is 6.80. The van der Waals surface area contributed by atoms with Crippen LogP contribution in [-0.4, -0.2) is 40.8 Å². The topological polar surface area (TPSA) is 59.4 Å². The summed E-state index contributed by atoms with van der Waals surface area (Å²) < 4.78 is 20.8. The van der Waals surface area contributed by atoms with E-state index < -0.39 is 0 Å². The van der Waals surface area contributed by atoms with Crippen molar-refractivity contribution in [2.24, 2.45) is 0 Å². The molecule has 8 heteroatoms. The molecule has 3 rings (SSSR count). The summed E-state index contributed by atoms with van der Waals surface area (Å²) in [4.78, 5) is 13.7. The van der Waals surface area contributed by atoms with Crippen molar-refractivity contribution in [3.05, 3.63) is 52.1 Å². The first kappa shape index (κ1) is 18.8. The Morgan fingerprint density at radius 1 is 1.38 bits per heavy atom. The third-order valence-corrected chi connectivity index (χ3v) is 4.53. The maximum absolute atomic E-state index is 14.1. The van der Waals surface area contributed by atoms with Gasteiger partial charge in [-0.05, 0) is 24.6 Å². The Morgan fingerprint density at radius 3 is 3.00 bits per heavy atom. The molecule has 0 atom stereocenters. The molecule has 2 aromatic rings. The molecule has 26 heavy (non-hydrogen) atoms. The summed E-state index contributed by atoms with van der Waals surface area (Å²) in [5, 5.41) is 7.73. The standard InChI is InChI=1S/C18H22ClFN4O2/c1-26-12-18(25)21-9-15-8-16-11-23(5-2-6-24(16)22-15)10-13-3-4-14(19)7-17(13)20/h3-4,7-8H,2,5-6,9-12H2,1H3,(H,21,25). The smallest absolute Gasteiger partial charge is 0.246 e. The Morgan fingerprint density at radius 2 is 2.23 bits per heavy atom. The molecule has 0 fully saturated rings. The van der Waals surface area contributed by atoms with Crippen LogP contribution < -0.4 is 5.32 Å². The van der Waals surface area contributed by atoms with Gasteiger partial charge in [-0.25, -0.2) is 4.39 Å². The number of methoxy groups -OCH3 is 1. The van der Waals surface area contributed by atoms with Crippen molar-refractivity contribution in [3.8, 4) is 0 Å². The van der Waals surface area contributed by atoms with Crippen molar-refractivity contribution in [1.82, 2.24) is 20.0 Å².